The molecule has 2 heterocycles. The summed E-state index contributed by atoms with van der Waals surface area (Å²) in [4.78, 5) is 6.55. The Labute approximate surface area is 168 Å². The van der Waals surface area contributed by atoms with Gasteiger partial charge in [0.1, 0.15) is 0 Å². The van der Waals surface area contributed by atoms with E-state index in [-0.39, 0.29) is 10.9 Å². The lowest BCUT2D eigenvalue weighted by atomic mass is 9.96. The van der Waals surface area contributed by atoms with Gasteiger partial charge >= 0.3 is 0 Å². The lowest BCUT2D eigenvalue weighted by molar-refractivity contribution is 0.0607. The Bertz CT molecular complexity index is 843. The van der Waals surface area contributed by atoms with Gasteiger partial charge in [0.25, 0.3) is 0 Å². The summed E-state index contributed by atoms with van der Waals surface area (Å²) < 4.78 is 32.4. The number of imidazole rings is 1. The molecular weight excluding hydrogens is 374 g/mol. The van der Waals surface area contributed by atoms with E-state index in [1.807, 2.05) is 34.9 Å². The first-order chi connectivity index (χ1) is 13.5. The first-order valence-electron chi connectivity index (χ1n) is 10.1. The van der Waals surface area contributed by atoms with E-state index in [1.54, 1.807) is 13.1 Å². The molecule has 154 valence electrons. The number of hydrogen-bond donors (Lipinski definition) is 0. The highest BCUT2D eigenvalue weighted by Crippen LogP contribution is 2.20. The summed E-state index contributed by atoms with van der Waals surface area (Å²) in [6.07, 6.45) is 5.14. The average Bonchev–Trinajstić information content (AvgIpc) is 3.11. The summed E-state index contributed by atoms with van der Waals surface area (Å²) >= 11 is 0. The van der Waals surface area contributed by atoms with Crippen LogP contribution in [0.1, 0.15) is 37.4 Å². The second-order valence-electron chi connectivity index (χ2n) is 7.59. The van der Waals surface area contributed by atoms with E-state index in [9.17, 15) is 8.42 Å². The summed E-state index contributed by atoms with van der Waals surface area (Å²) in [5.41, 5.74) is 2.00. The number of rotatable bonds is 9. The van der Waals surface area contributed by atoms with E-state index in [1.165, 1.54) is 0 Å². The third kappa shape index (κ3) is 5.43. The molecule has 1 aromatic carbocycles. The molecular formula is C21H31N3O3S. The minimum atomic E-state index is -3.37. The second kappa shape index (κ2) is 9.67. The van der Waals surface area contributed by atoms with Crippen LogP contribution < -0.4 is 0 Å². The predicted molar refractivity (Wildman–Crippen MR) is 110 cm³/mol. The van der Waals surface area contributed by atoms with Crippen LogP contribution in [0.3, 0.4) is 0 Å². The van der Waals surface area contributed by atoms with Crippen LogP contribution in [-0.2, 0) is 27.7 Å². The summed E-state index contributed by atoms with van der Waals surface area (Å²) in [5, 5.41) is 0.173. The number of ether oxygens (including phenoxy) is 1. The molecule has 28 heavy (non-hydrogen) atoms. The Hall–Kier alpha value is -1.70. The smallest absolute Gasteiger partial charge is 0.228 e. The number of benzene rings is 1. The molecule has 0 bridgehead atoms. The van der Waals surface area contributed by atoms with Crippen LogP contribution in [0.2, 0.25) is 0 Å². The van der Waals surface area contributed by atoms with Gasteiger partial charge in [-0.05, 0) is 44.3 Å². The lowest BCUT2D eigenvalue weighted by Crippen LogP contribution is -2.25. The molecule has 0 N–H and O–H groups in total. The standard InChI is InChI=1S/C21H31N3O3S/c1-3-28(25,26)21-22-15-20(24(21)16-19-7-5-4-6-8-19)17-23(2)12-9-18-10-13-27-14-11-18/h4-8,15,18H,3,9-14,16-17H2,1-2H3. The molecule has 1 fully saturated rings. The molecule has 3 rings (SSSR count). The summed E-state index contributed by atoms with van der Waals surface area (Å²) in [5.74, 6) is 0.777. The number of sulfone groups is 1. The van der Waals surface area contributed by atoms with E-state index < -0.39 is 9.84 Å². The van der Waals surface area contributed by atoms with Crippen molar-refractivity contribution in [1.82, 2.24) is 14.5 Å². The maximum absolute atomic E-state index is 12.5. The monoisotopic (exact) mass is 405 g/mol. The van der Waals surface area contributed by atoms with Crippen LogP contribution in [0.5, 0.6) is 0 Å². The van der Waals surface area contributed by atoms with Crippen LogP contribution in [-0.4, -0.2) is 55.4 Å². The fourth-order valence-electron chi connectivity index (χ4n) is 3.62. The molecule has 0 aliphatic carbocycles. The maximum atomic E-state index is 12.5. The molecule has 0 radical (unpaired) electrons. The fraction of sp³-hybridized carbons (Fsp3) is 0.571. The molecule has 0 atom stereocenters. The van der Waals surface area contributed by atoms with Gasteiger partial charge in [-0.2, -0.15) is 0 Å². The first-order valence-corrected chi connectivity index (χ1v) is 11.7. The van der Waals surface area contributed by atoms with E-state index in [0.717, 1.165) is 56.2 Å². The Morgan fingerprint density at radius 2 is 1.93 bits per heavy atom. The summed E-state index contributed by atoms with van der Waals surface area (Å²) in [7, 11) is -1.28. The van der Waals surface area contributed by atoms with Gasteiger partial charge in [-0.25, -0.2) is 13.4 Å². The number of hydrogen-bond acceptors (Lipinski definition) is 5. The number of nitrogens with zero attached hydrogens (tertiary/aromatic N) is 3. The van der Waals surface area contributed by atoms with Crippen LogP contribution >= 0.6 is 0 Å². The molecule has 0 amide bonds. The molecule has 0 unspecified atom stereocenters. The van der Waals surface area contributed by atoms with Gasteiger partial charge in [0.05, 0.1) is 24.2 Å². The zero-order valence-electron chi connectivity index (χ0n) is 16.9. The van der Waals surface area contributed by atoms with Crippen LogP contribution in [0.15, 0.2) is 41.7 Å². The van der Waals surface area contributed by atoms with Crippen molar-refractivity contribution in [2.75, 3.05) is 32.6 Å². The van der Waals surface area contributed by atoms with Crippen LogP contribution in [0.4, 0.5) is 0 Å². The minimum absolute atomic E-state index is 0.0534. The van der Waals surface area contributed by atoms with Gasteiger partial charge < -0.3 is 14.2 Å². The predicted octanol–water partition coefficient (Wildman–Crippen LogP) is 2.97. The summed E-state index contributed by atoms with van der Waals surface area (Å²) in [6.45, 7) is 5.58. The Morgan fingerprint density at radius 1 is 1.21 bits per heavy atom. The van der Waals surface area contributed by atoms with Gasteiger partial charge in [-0.15, -0.1) is 0 Å². The topological polar surface area (TPSA) is 64.4 Å². The van der Waals surface area contributed by atoms with Gasteiger partial charge in [0, 0.05) is 19.8 Å². The van der Waals surface area contributed by atoms with Crippen LogP contribution in [0, 0.1) is 5.92 Å². The molecule has 1 saturated heterocycles. The third-order valence-corrected chi connectivity index (χ3v) is 7.08. The quantitative estimate of drug-likeness (QED) is 0.642. The molecule has 2 aromatic rings. The SMILES string of the molecule is CCS(=O)(=O)c1ncc(CN(C)CCC2CCOCC2)n1Cc1ccccc1. The van der Waals surface area contributed by atoms with E-state index >= 15 is 0 Å². The van der Waals surface area contributed by atoms with Crippen molar-refractivity contribution in [3.63, 3.8) is 0 Å². The Kier molecular flexibility index (Phi) is 7.26. The van der Waals surface area contributed by atoms with Crippen molar-refractivity contribution in [3.8, 4) is 0 Å². The zero-order chi connectivity index (χ0) is 20.0. The Balaban J connectivity index is 1.74. The highest BCUT2D eigenvalue weighted by Gasteiger charge is 2.22. The highest BCUT2D eigenvalue weighted by atomic mass is 32.2. The molecule has 1 aromatic heterocycles. The lowest BCUT2D eigenvalue weighted by Gasteiger charge is -2.25. The third-order valence-electron chi connectivity index (χ3n) is 5.44. The van der Waals surface area contributed by atoms with Gasteiger partial charge in [-0.3, -0.25) is 0 Å². The maximum Gasteiger partial charge on any atom is 0.228 e. The highest BCUT2D eigenvalue weighted by molar-refractivity contribution is 7.91. The molecule has 6 nitrogen and oxygen atoms in total. The molecule has 0 spiro atoms. The second-order valence-corrected chi connectivity index (χ2v) is 9.76. The van der Waals surface area contributed by atoms with Gasteiger partial charge in [0.15, 0.2) is 0 Å². The van der Waals surface area contributed by atoms with Gasteiger partial charge in [0.2, 0.25) is 15.0 Å². The normalized spacial score (nSPS) is 16.0. The van der Waals surface area contributed by atoms with E-state index in [4.69, 9.17) is 4.74 Å². The van der Waals surface area contributed by atoms with Crippen LogP contribution in [0.25, 0.3) is 0 Å². The average molecular weight is 406 g/mol. The van der Waals surface area contributed by atoms with E-state index in [0.29, 0.717) is 13.1 Å². The summed E-state index contributed by atoms with van der Waals surface area (Å²) in [6, 6.07) is 9.94. The van der Waals surface area contributed by atoms with Crippen molar-refractivity contribution in [2.24, 2.45) is 5.92 Å². The van der Waals surface area contributed by atoms with Crippen molar-refractivity contribution >= 4 is 9.84 Å². The Morgan fingerprint density at radius 3 is 2.61 bits per heavy atom. The zero-order valence-corrected chi connectivity index (χ0v) is 17.7. The largest absolute Gasteiger partial charge is 0.381 e. The van der Waals surface area contributed by atoms with E-state index in [2.05, 4.69) is 16.9 Å². The molecule has 0 saturated carbocycles. The number of aromatic nitrogens is 2. The van der Waals surface area contributed by atoms with Crippen molar-refractivity contribution in [2.45, 2.75) is 44.4 Å². The van der Waals surface area contributed by atoms with Crippen molar-refractivity contribution < 1.29 is 13.2 Å². The molecule has 7 heteroatoms. The first kappa shape index (κ1) is 21.0. The fourth-order valence-corrected chi connectivity index (χ4v) is 4.61. The van der Waals surface area contributed by atoms with Gasteiger partial charge in [-0.1, -0.05) is 37.3 Å². The molecule has 1 aliphatic heterocycles. The molecule has 1 aliphatic rings. The van der Waals surface area contributed by atoms with Crippen molar-refractivity contribution in [1.29, 1.82) is 0 Å². The minimum Gasteiger partial charge on any atom is -0.381 e. The van der Waals surface area contributed by atoms with Crippen molar-refractivity contribution in [3.05, 3.63) is 47.8 Å².